The number of carbonyl (C=O) groups excluding carboxylic acids is 1. The van der Waals surface area contributed by atoms with Gasteiger partial charge >= 0.3 is 14.2 Å². The van der Waals surface area contributed by atoms with Crippen molar-refractivity contribution in [3.8, 4) is 0 Å². The predicted octanol–water partition coefficient (Wildman–Crippen LogP) is 2.14. The molecule has 14 heavy (non-hydrogen) atoms. The summed E-state index contributed by atoms with van der Waals surface area (Å²) in [7, 11) is -2.14. The molecule has 0 rings (SSSR count). The van der Waals surface area contributed by atoms with E-state index in [4.69, 9.17) is 0 Å². The summed E-state index contributed by atoms with van der Waals surface area (Å²) < 4.78 is 23.8. The van der Waals surface area contributed by atoms with Crippen LogP contribution in [0.1, 0.15) is 20.8 Å². The smallest absolute Gasteiger partial charge is 0.319 e. The maximum atomic E-state index is 10.4. The number of ether oxygens (including phenoxy) is 1. The second-order valence-corrected chi connectivity index (χ2v) is 2.97. The molecule has 0 aromatic heterocycles. The Morgan fingerprint density at radius 2 is 1.79 bits per heavy atom. The van der Waals surface area contributed by atoms with E-state index in [9.17, 15) is 9.36 Å². The van der Waals surface area contributed by atoms with Crippen molar-refractivity contribution in [1.29, 1.82) is 0 Å². The van der Waals surface area contributed by atoms with Crippen LogP contribution in [0.5, 0.6) is 0 Å². The molecule has 0 heterocycles. The van der Waals surface area contributed by atoms with Gasteiger partial charge in [-0.2, -0.15) is 0 Å². The second-order valence-electron chi connectivity index (χ2n) is 1.89. The van der Waals surface area contributed by atoms with E-state index in [2.05, 4.69) is 20.4 Å². The molecule has 5 nitrogen and oxygen atoms in total. The first-order valence-corrected chi connectivity index (χ1v) is 5.38. The van der Waals surface area contributed by atoms with E-state index in [1.165, 1.54) is 6.92 Å². The highest BCUT2D eigenvalue weighted by molar-refractivity contribution is 7.33. The SMILES string of the molecule is C=COC(C)=O.CCO[PH](=O)OCC. The molecule has 0 atom stereocenters. The summed E-state index contributed by atoms with van der Waals surface area (Å²) in [6.07, 6.45) is 1.10. The second kappa shape index (κ2) is 12.4. The Hall–Kier alpha value is -0.640. The molecule has 0 saturated heterocycles. The van der Waals surface area contributed by atoms with E-state index in [0.717, 1.165) is 6.26 Å². The summed E-state index contributed by atoms with van der Waals surface area (Å²) >= 11 is 0. The van der Waals surface area contributed by atoms with Crippen molar-refractivity contribution in [1.82, 2.24) is 0 Å². The van der Waals surface area contributed by atoms with E-state index in [1.807, 2.05) is 0 Å². The van der Waals surface area contributed by atoms with E-state index >= 15 is 0 Å². The third-order valence-corrected chi connectivity index (χ3v) is 1.82. The minimum absolute atomic E-state index is 0.329. The normalized spacial score (nSPS) is 8.86. The highest BCUT2D eigenvalue weighted by atomic mass is 31.1. The van der Waals surface area contributed by atoms with Gasteiger partial charge in [0.15, 0.2) is 0 Å². The number of esters is 1. The Bertz CT molecular complexity index is 173. The van der Waals surface area contributed by atoms with Crippen LogP contribution in [-0.4, -0.2) is 19.2 Å². The quantitative estimate of drug-likeness (QED) is 0.406. The Morgan fingerprint density at radius 3 is 1.93 bits per heavy atom. The van der Waals surface area contributed by atoms with Crippen molar-refractivity contribution < 1.29 is 23.1 Å². The molecule has 0 unspecified atom stereocenters. The molecule has 0 amide bonds. The summed E-state index contributed by atoms with van der Waals surface area (Å²) in [6, 6.07) is 0. The van der Waals surface area contributed by atoms with Crippen molar-refractivity contribution in [3.05, 3.63) is 12.8 Å². The van der Waals surface area contributed by atoms with Gasteiger partial charge < -0.3 is 13.8 Å². The average molecular weight is 224 g/mol. The molecule has 0 aliphatic carbocycles. The molecule has 0 radical (unpaired) electrons. The maximum absolute atomic E-state index is 10.4. The standard InChI is InChI=1S/C4H11O3P.C4H6O2/c1-3-6-8(5)7-4-2;1-3-6-4(2)5/h8H,3-4H2,1-2H3;3H,1H2,2H3. The fourth-order valence-electron chi connectivity index (χ4n) is 0.395. The maximum Gasteiger partial charge on any atom is 0.319 e. The lowest BCUT2D eigenvalue weighted by atomic mass is 10.8. The van der Waals surface area contributed by atoms with Crippen molar-refractivity contribution in [2.24, 2.45) is 0 Å². The minimum Gasteiger partial charge on any atom is -0.435 e. The fraction of sp³-hybridized carbons (Fsp3) is 0.625. The number of carbonyl (C=O) groups is 1. The Balaban J connectivity index is 0. The van der Waals surface area contributed by atoms with Crippen LogP contribution in [0.25, 0.3) is 0 Å². The first kappa shape index (κ1) is 15.8. The number of hydrogen-bond acceptors (Lipinski definition) is 5. The largest absolute Gasteiger partial charge is 0.435 e. The summed E-state index contributed by atoms with van der Waals surface area (Å²) in [5, 5.41) is 0. The van der Waals surface area contributed by atoms with Crippen LogP contribution in [0.2, 0.25) is 0 Å². The van der Waals surface area contributed by atoms with Crippen LogP contribution in [0, 0.1) is 0 Å². The van der Waals surface area contributed by atoms with Crippen LogP contribution in [0.3, 0.4) is 0 Å². The lowest BCUT2D eigenvalue weighted by Crippen LogP contribution is -1.87. The molecule has 0 spiro atoms. The van der Waals surface area contributed by atoms with Crippen molar-refractivity contribution >= 4 is 14.2 Å². The molecule has 0 aliphatic rings. The first-order valence-electron chi connectivity index (χ1n) is 4.16. The van der Waals surface area contributed by atoms with Crippen LogP contribution >= 0.6 is 8.25 Å². The van der Waals surface area contributed by atoms with Gasteiger partial charge in [0.25, 0.3) is 0 Å². The molecule has 0 N–H and O–H groups in total. The Labute approximate surface area is 85.0 Å². The van der Waals surface area contributed by atoms with Gasteiger partial charge in [-0.25, -0.2) is 0 Å². The lowest BCUT2D eigenvalue weighted by molar-refractivity contribution is -0.135. The first-order chi connectivity index (χ1) is 6.58. The van der Waals surface area contributed by atoms with Crippen LogP contribution in [-0.2, 0) is 23.1 Å². The van der Waals surface area contributed by atoms with Crippen LogP contribution in [0.15, 0.2) is 12.8 Å². The van der Waals surface area contributed by atoms with Crippen LogP contribution < -0.4 is 0 Å². The zero-order valence-corrected chi connectivity index (χ0v) is 9.74. The molecular weight excluding hydrogens is 207 g/mol. The molecule has 0 aliphatic heterocycles. The average Bonchev–Trinajstić information content (AvgIpc) is 2.05. The molecule has 0 fully saturated rings. The third kappa shape index (κ3) is 17.4. The summed E-state index contributed by atoms with van der Waals surface area (Å²) in [5.41, 5.74) is 0. The van der Waals surface area contributed by atoms with E-state index in [1.54, 1.807) is 13.8 Å². The zero-order chi connectivity index (χ0) is 11.4. The monoisotopic (exact) mass is 224 g/mol. The fourth-order valence-corrected chi connectivity index (χ4v) is 0.949. The van der Waals surface area contributed by atoms with Crippen LogP contribution in [0.4, 0.5) is 0 Å². The summed E-state index contributed by atoms with van der Waals surface area (Å²) in [6.45, 7) is 8.95. The van der Waals surface area contributed by atoms with E-state index in [0.29, 0.717) is 13.2 Å². The van der Waals surface area contributed by atoms with E-state index in [-0.39, 0.29) is 5.97 Å². The lowest BCUT2D eigenvalue weighted by Gasteiger charge is -1.97. The molecule has 0 aromatic carbocycles. The Kier molecular flexibility index (Phi) is 14.0. The van der Waals surface area contributed by atoms with Crippen molar-refractivity contribution in [3.63, 3.8) is 0 Å². The highest BCUT2D eigenvalue weighted by Gasteiger charge is 1.91. The van der Waals surface area contributed by atoms with Gasteiger partial charge in [0, 0.05) is 6.92 Å². The third-order valence-electron chi connectivity index (χ3n) is 0.774. The molecule has 84 valence electrons. The van der Waals surface area contributed by atoms with Gasteiger partial charge in [0.2, 0.25) is 0 Å². The van der Waals surface area contributed by atoms with Gasteiger partial charge in [-0.05, 0) is 13.8 Å². The molecule has 0 saturated carbocycles. The predicted molar refractivity (Wildman–Crippen MR) is 54.2 cm³/mol. The molecule has 0 aromatic rings. The van der Waals surface area contributed by atoms with Crippen molar-refractivity contribution in [2.45, 2.75) is 20.8 Å². The Morgan fingerprint density at radius 1 is 1.36 bits per heavy atom. The number of hydrogen-bond donors (Lipinski definition) is 0. The van der Waals surface area contributed by atoms with Gasteiger partial charge in [0.05, 0.1) is 19.5 Å². The van der Waals surface area contributed by atoms with Crippen molar-refractivity contribution in [2.75, 3.05) is 13.2 Å². The summed E-state index contributed by atoms with van der Waals surface area (Å²) in [5.74, 6) is -0.329. The van der Waals surface area contributed by atoms with E-state index < -0.39 is 8.25 Å². The zero-order valence-electron chi connectivity index (χ0n) is 8.74. The van der Waals surface area contributed by atoms with Gasteiger partial charge in [-0.3, -0.25) is 9.36 Å². The minimum atomic E-state index is -2.14. The highest BCUT2D eigenvalue weighted by Crippen LogP contribution is 2.21. The number of rotatable bonds is 5. The van der Waals surface area contributed by atoms with Gasteiger partial charge in [0.1, 0.15) is 0 Å². The summed E-state index contributed by atoms with van der Waals surface area (Å²) in [4.78, 5) is 9.75. The molecule has 6 heteroatoms. The molecule has 0 bridgehead atoms. The van der Waals surface area contributed by atoms with Gasteiger partial charge in [-0.15, -0.1) is 0 Å². The van der Waals surface area contributed by atoms with Gasteiger partial charge in [-0.1, -0.05) is 6.58 Å². The topological polar surface area (TPSA) is 61.8 Å². The molecular formula is C8H17O5P.